The summed E-state index contributed by atoms with van der Waals surface area (Å²) in [5.74, 6) is -0.803. The molecule has 1 fully saturated rings. The Balaban J connectivity index is 1.72. The van der Waals surface area contributed by atoms with Gasteiger partial charge in [0.2, 0.25) is 0 Å². The van der Waals surface area contributed by atoms with Gasteiger partial charge < -0.3 is 0 Å². The van der Waals surface area contributed by atoms with Crippen LogP contribution in [-0.4, -0.2) is 5.78 Å². The molecule has 0 aromatic heterocycles. The molecule has 0 radical (unpaired) electrons. The van der Waals surface area contributed by atoms with E-state index in [1.165, 1.54) is 37.0 Å². The molecule has 3 rings (SSSR count). The highest BCUT2D eigenvalue weighted by Crippen LogP contribution is 2.36. The first kappa shape index (κ1) is 13.9. The predicted octanol–water partition coefficient (Wildman–Crippen LogP) is 4.66. The van der Waals surface area contributed by atoms with Gasteiger partial charge in [0.05, 0.1) is 0 Å². The van der Waals surface area contributed by atoms with Gasteiger partial charge in [-0.3, -0.25) is 4.79 Å². The monoisotopic (exact) mass is 286 g/mol. The molecule has 0 amide bonds. The largest absolute Gasteiger partial charge is 0.294 e. The van der Waals surface area contributed by atoms with E-state index in [1.54, 1.807) is 0 Å². The van der Waals surface area contributed by atoms with Crippen LogP contribution in [0.1, 0.15) is 46.7 Å². The van der Waals surface area contributed by atoms with Crippen molar-refractivity contribution in [2.75, 3.05) is 0 Å². The average Bonchev–Trinajstić information content (AvgIpc) is 2.36. The van der Waals surface area contributed by atoms with Crippen molar-refractivity contribution in [3.05, 3.63) is 70.8 Å². The molecule has 108 valence electrons. The summed E-state index contributed by atoms with van der Waals surface area (Å²) in [5.41, 5.74) is 2.22. The molecule has 0 heterocycles. The second kappa shape index (κ2) is 5.76. The Morgan fingerprint density at radius 1 is 1.00 bits per heavy atom. The van der Waals surface area contributed by atoms with Crippen LogP contribution in [0.3, 0.4) is 0 Å². The Morgan fingerprint density at radius 3 is 2.14 bits per heavy atom. The van der Waals surface area contributed by atoms with Crippen LogP contribution in [0.5, 0.6) is 0 Å². The van der Waals surface area contributed by atoms with Crippen molar-refractivity contribution in [1.82, 2.24) is 0 Å². The first-order chi connectivity index (χ1) is 10.1. The number of Topliss-reactive ketones (excluding diaryl/α,β-unsaturated/α-hetero) is 1. The first-order valence-corrected chi connectivity index (χ1v) is 7.20. The number of hydrogen-bond acceptors (Lipinski definition) is 1. The van der Waals surface area contributed by atoms with Gasteiger partial charge in [0.1, 0.15) is 11.6 Å². The van der Waals surface area contributed by atoms with Gasteiger partial charge >= 0.3 is 0 Å². The summed E-state index contributed by atoms with van der Waals surface area (Å²) >= 11 is 0. The highest BCUT2D eigenvalue weighted by molar-refractivity contribution is 5.97. The molecule has 1 nitrogen and oxygen atoms in total. The van der Waals surface area contributed by atoms with Gasteiger partial charge in [-0.05, 0) is 42.0 Å². The van der Waals surface area contributed by atoms with Gasteiger partial charge in [-0.15, -0.1) is 0 Å². The molecule has 0 atom stereocenters. The summed E-state index contributed by atoms with van der Waals surface area (Å²) in [5, 5.41) is 0. The van der Waals surface area contributed by atoms with Crippen molar-refractivity contribution in [3.8, 4) is 0 Å². The fourth-order valence-electron chi connectivity index (χ4n) is 2.68. The highest BCUT2D eigenvalue weighted by Gasteiger charge is 2.19. The first-order valence-electron chi connectivity index (χ1n) is 7.20. The van der Waals surface area contributed by atoms with Crippen molar-refractivity contribution in [2.45, 2.75) is 31.6 Å². The van der Waals surface area contributed by atoms with Crippen LogP contribution in [0.4, 0.5) is 8.78 Å². The van der Waals surface area contributed by atoms with E-state index in [4.69, 9.17) is 0 Å². The van der Waals surface area contributed by atoms with Gasteiger partial charge in [-0.1, -0.05) is 30.7 Å². The van der Waals surface area contributed by atoms with E-state index in [0.29, 0.717) is 17.0 Å². The lowest BCUT2D eigenvalue weighted by atomic mass is 9.80. The molecule has 21 heavy (non-hydrogen) atoms. The minimum Gasteiger partial charge on any atom is -0.294 e. The van der Waals surface area contributed by atoms with Crippen LogP contribution in [-0.2, 0) is 6.42 Å². The quantitative estimate of drug-likeness (QED) is 0.747. The van der Waals surface area contributed by atoms with Gasteiger partial charge in [0, 0.05) is 18.1 Å². The lowest BCUT2D eigenvalue weighted by Gasteiger charge is -2.25. The number of carbonyl (C=O) groups excluding carboxylic acids is 1. The lowest BCUT2D eigenvalue weighted by Crippen LogP contribution is -2.09. The Hall–Kier alpha value is -2.03. The van der Waals surface area contributed by atoms with Crippen molar-refractivity contribution in [2.24, 2.45) is 0 Å². The summed E-state index contributed by atoms with van der Waals surface area (Å²) in [7, 11) is 0. The molecule has 1 aliphatic rings. The smallest absolute Gasteiger partial charge is 0.167 e. The minimum absolute atomic E-state index is 0.0114. The van der Waals surface area contributed by atoms with E-state index in [0.717, 1.165) is 6.07 Å². The van der Waals surface area contributed by atoms with Crippen molar-refractivity contribution < 1.29 is 13.6 Å². The number of ketones is 1. The summed E-state index contributed by atoms with van der Waals surface area (Å²) in [6.07, 6.45) is 3.72. The number of hydrogen-bond donors (Lipinski definition) is 0. The van der Waals surface area contributed by atoms with E-state index in [1.807, 2.05) is 24.3 Å². The molecule has 0 bridgehead atoms. The zero-order valence-corrected chi connectivity index (χ0v) is 11.6. The molecular weight excluding hydrogens is 270 g/mol. The van der Waals surface area contributed by atoms with Crippen LogP contribution < -0.4 is 0 Å². The van der Waals surface area contributed by atoms with E-state index >= 15 is 0 Å². The fourth-order valence-corrected chi connectivity index (χ4v) is 2.68. The second-order valence-corrected chi connectivity index (χ2v) is 5.63. The Morgan fingerprint density at radius 2 is 1.62 bits per heavy atom. The summed E-state index contributed by atoms with van der Waals surface area (Å²) in [4.78, 5) is 12.2. The molecule has 0 spiro atoms. The molecule has 3 heteroatoms. The van der Waals surface area contributed by atoms with Gasteiger partial charge in [-0.2, -0.15) is 0 Å². The Labute approximate surface area is 122 Å². The third-order valence-corrected chi connectivity index (χ3v) is 4.10. The lowest BCUT2D eigenvalue weighted by molar-refractivity contribution is 0.0993. The maximum Gasteiger partial charge on any atom is 0.167 e. The Kier molecular flexibility index (Phi) is 3.82. The molecule has 1 aliphatic carbocycles. The highest BCUT2D eigenvalue weighted by atomic mass is 19.1. The van der Waals surface area contributed by atoms with Crippen LogP contribution in [0, 0.1) is 11.6 Å². The average molecular weight is 286 g/mol. The van der Waals surface area contributed by atoms with Crippen molar-refractivity contribution in [3.63, 3.8) is 0 Å². The molecule has 2 aromatic rings. The van der Waals surface area contributed by atoms with E-state index in [9.17, 15) is 13.6 Å². The van der Waals surface area contributed by atoms with Gasteiger partial charge in [0.25, 0.3) is 0 Å². The number of carbonyl (C=O) groups is 1. The fraction of sp³-hybridized carbons (Fsp3) is 0.278. The van der Waals surface area contributed by atoms with Gasteiger partial charge in [-0.25, -0.2) is 8.78 Å². The molecule has 0 N–H and O–H groups in total. The number of rotatable bonds is 4. The van der Waals surface area contributed by atoms with Crippen molar-refractivity contribution >= 4 is 5.78 Å². The third-order valence-electron chi connectivity index (χ3n) is 4.10. The van der Waals surface area contributed by atoms with Crippen molar-refractivity contribution in [1.29, 1.82) is 0 Å². The van der Waals surface area contributed by atoms with Crippen LogP contribution in [0.25, 0.3) is 0 Å². The second-order valence-electron chi connectivity index (χ2n) is 5.63. The SMILES string of the molecule is O=C(Cc1cc(F)cc(F)c1)c1ccc(C2CCC2)cc1. The van der Waals surface area contributed by atoms with E-state index in [2.05, 4.69) is 0 Å². The molecule has 1 saturated carbocycles. The third kappa shape index (κ3) is 3.18. The molecule has 0 saturated heterocycles. The van der Waals surface area contributed by atoms with Crippen LogP contribution >= 0.6 is 0 Å². The zero-order valence-electron chi connectivity index (χ0n) is 11.6. The Bertz CT molecular complexity index is 637. The maximum absolute atomic E-state index is 13.1. The molecule has 0 aliphatic heterocycles. The number of benzene rings is 2. The predicted molar refractivity (Wildman–Crippen MR) is 77.4 cm³/mol. The maximum atomic E-state index is 13.1. The minimum atomic E-state index is -0.655. The summed E-state index contributed by atoms with van der Waals surface area (Å²) in [6.45, 7) is 0. The normalized spacial score (nSPS) is 14.8. The summed E-state index contributed by atoms with van der Waals surface area (Å²) in [6, 6.07) is 10.8. The van der Waals surface area contributed by atoms with Crippen LogP contribution in [0.15, 0.2) is 42.5 Å². The zero-order chi connectivity index (χ0) is 14.8. The summed E-state index contributed by atoms with van der Waals surface area (Å²) < 4.78 is 26.2. The van der Waals surface area contributed by atoms with Crippen LogP contribution in [0.2, 0.25) is 0 Å². The van der Waals surface area contributed by atoms with E-state index < -0.39 is 11.6 Å². The standard InChI is InChI=1S/C18H16F2O/c19-16-8-12(9-17(20)11-16)10-18(21)15-6-4-14(5-7-15)13-2-1-3-13/h4-9,11,13H,1-3,10H2. The topological polar surface area (TPSA) is 17.1 Å². The van der Waals surface area contributed by atoms with Gasteiger partial charge in [0.15, 0.2) is 5.78 Å². The molecule has 2 aromatic carbocycles. The number of halogens is 2. The molecular formula is C18H16F2O. The molecule has 0 unspecified atom stereocenters. The van der Waals surface area contributed by atoms with E-state index in [-0.39, 0.29) is 12.2 Å².